The normalized spacial score (nSPS) is 19.0. The van der Waals surface area contributed by atoms with E-state index in [4.69, 9.17) is 4.74 Å². The van der Waals surface area contributed by atoms with Crippen LogP contribution in [0, 0.1) is 0 Å². The number of benzene rings is 1. The lowest BCUT2D eigenvalue weighted by Crippen LogP contribution is -2.34. The van der Waals surface area contributed by atoms with E-state index in [1.807, 2.05) is 18.2 Å². The highest BCUT2D eigenvalue weighted by Gasteiger charge is 2.25. The van der Waals surface area contributed by atoms with E-state index < -0.39 is 6.23 Å². The first-order valence-electron chi connectivity index (χ1n) is 6.36. The number of amides is 1. The third kappa shape index (κ3) is 3.22. The van der Waals surface area contributed by atoms with Crippen molar-refractivity contribution in [3.05, 3.63) is 48.4 Å². The molecule has 2 unspecified atom stereocenters. The highest BCUT2D eigenvalue weighted by Crippen LogP contribution is 2.21. The van der Waals surface area contributed by atoms with Crippen LogP contribution >= 0.6 is 0 Å². The van der Waals surface area contributed by atoms with Crippen molar-refractivity contribution in [3.63, 3.8) is 0 Å². The van der Waals surface area contributed by atoms with Gasteiger partial charge in [0.05, 0.1) is 0 Å². The van der Waals surface area contributed by atoms with Crippen LogP contribution in [-0.2, 0) is 14.3 Å². The molecule has 0 radical (unpaired) electrons. The summed E-state index contributed by atoms with van der Waals surface area (Å²) in [5.74, 6) is 0.223. The zero-order valence-electron chi connectivity index (χ0n) is 10.9. The topological polar surface area (TPSA) is 46.6 Å². The Balaban J connectivity index is 1.87. The molecule has 0 bridgehead atoms. The molecule has 1 aliphatic rings. The predicted molar refractivity (Wildman–Crippen MR) is 71.0 cm³/mol. The van der Waals surface area contributed by atoms with Gasteiger partial charge in [0, 0.05) is 12.6 Å². The number of nitrogens with zero attached hydrogens (tertiary/aromatic N) is 1. The Morgan fingerprint density at radius 1 is 1.42 bits per heavy atom. The molecular formula is C15H17NO3. The summed E-state index contributed by atoms with van der Waals surface area (Å²) < 4.78 is 4.98. The van der Waals surface area contributed by atoms with E-state index in [1.165, 1.54) is 22.9 Å². The minimum atomic E-state index is -0.792. The minimum absolute atomic E-state index is 0.0892. The molecular weight excluding hydrogens is 242 g/mol. The molecule has 19 heavy (non-hydrogen) atoms. The summed E-state index contributed by atoms with van der Waals surface area (Å²) in [5, 5.41) is 0. The van der Waals surface area contributed by atoms with Gasteiger partial charge in [-0.05, 0) is 17.9 Å². The van der Waals surface area contributed by atoms with Gasteiger partial charge in [-0.1, -0.05) is 37.3 Å². The average Bonchev–Trinajstić information content (AvgIpc) is 2.93. The summed E-state index contributed by atoms with van der Waals surface area (Å²) in [7, 11) is 0. The molecule has 2 atom stereocenters. The fourth-order valence-corrected chi connectivity index (χ4v) is 2.07. The molecule has 1 aromatic carbocycles. The zero-order valence-corrected chi connectivity index (χ0v) is 10.9. The lowest BCUT2D eigenvalue weighted by Gasteiger charge is -2.18. The van der Waals surface area contributed by atoms with E-state index >= 15 is 0 Å². The third-order valence-corrected chi connectivity index (χ3v) is 3.28. The summed E-state index contributed by atoms with van der Waals surface area (Å²) in [5.41, 5.74) is 1.22. The van der Waals surface area contributed by atoms with E-state index in [1.54, 1.807) is 0 Å². The summed E-state index contributed by atoms with van der Waals surface area (Å²) in [6.07, 6.45) is 3.86. The number of hydrogen-bond donors (Lipinski definition) is 0. The van der Waals surface area contributed by atoms with Crippen molar-refractivity contribution < 1.29 is 14.3 Å². The van der Waals surface area contributed by atoms with E-state index in [-0.39, 0.29) is 5.91 Å². The molecule has 2 rings (SSSR count). The van der Waals surface area contributed by atoms with Crippen molar-refractivity contribution in [1.29, 1.82) is 0 Å². The van der Waals surface area contributed by atoms with Crippen LogP contribution in [0.15, 0.2) is 42.8 Å². The minimum Gasteiger partial charge on any atom is -0.469 e. The van der Waals surface area contributed by atoms with Gasteiger partial charge in [-0.2, -0.15) is 0 Å². The summed E-state index contributed by atoms with van der Waals surface area (Å²) in [6, 6.07) is 10.1. The average molecular weight is 259 g/mol. The van der Waals surface area contributed by atoms with Crippen LogP contribution in [-0.4, -0.2) is 23.3 Å². The molecule has 0 N–H and O–H groups in total. The molecule has 100 valence electrons. The second-order valence-electron chi connectivity index (χ2n) is 4.60. The number of aldehydes is 1. The SMILES string of the molecule is CC(CCC(=O)N1C=COC1C=O)c1ccccc1. The molecule has 0 saturated carbocycles. The van der Waals surface area contributed by atoms with Gasteiger partial charge in [-0.25, -0.2) is 0 Å². The van der Waals surface area contributed by atoms with Crippen molar-refractivity contribution in [2.75, 3.05) is 0 Å². The molecule has 1 amide bonds. The highest BCUT2D eigenvalue weighted by molar-refractivity contribution is 5.80. The number of rotatable bonds is 5. The Kier molecular flexibility index (Phi) is 4.34. The van der Waals surface area contributed by atoms with Gasteiger partial charge in [0.2, 0.25) is 12.1 Å². The zero-order chi connectivity index (χ0) is 13.7. The molecule has 1 aromatic rings. The quantitative estimate of drug-likeness (QED) is 0.763. The van der Waals surface area contributed by atoms with Crippen molar-refractivity contribution >= 4 is 12.2 Å². The second kappa shape index (κ2) is 6.18. The fourth-order valence-electron chi connectivity index (χ4n) is 2.07. The van der Waals surface area contributed by atoms with Gasteiger partial charge in [-0.15, -0.1) is 0 Å². The van der Waals surface area contributed by atoms with Crippen LogP contribution in [0.25, 0.3) is 0 Å². The standard InChI is InChI=1S/C15H17NO3/c1-12(13-5-3-2-4-6-13)7-8-14(18)16-9-10-19-15(16)11-17/h2-6,9-12,15H,7-8H2,1H3. The predicted octanol–water partition coefficient (Wildman–Crippen LogP) is 2.43. The molecule has 0 fully saturated rings. The largest absolute Gasteiger partial charge is 0.469 e. The van der Waals surface area contributed by atoms with Crippen molar-refractivity contribution in [3.8, 4) is 0 Å². The maximum Gasteiger partial charge on any atom is 0.233 e. The monoisotopic (exact) mass is 259 g/mol. The van der Waals surface area contributed by atoms with Crippen molar-refractivity contribution in [2.45, 2.75) is 31.9 Å². The van der Waals surface area contributed by atoms with Gasteiger partial charge in [-0.3, -0.25) is 14.5 Å². The Bertz CT molecular complexity index is 470. The number of carbonyl (C=O) groups excluding carboxylic acids is 2. The second-order valence-corrected chi connectivity index (χ2v) is 4.60. The lowest BCUT2D eigenvalue weighted by molar-refractivity contribution is -0.139. The Labute approximate surface area is 112 Å². The first-order valence-corrected chi connectivity index (χ1v) is 6.36. The first kappa shape index (κ1) is 13.3. The Morgan fingerprint density at radius 3 is 2.84 bits per heavy atom. The molecule has 0 aliphatic carbocycles. The van der Waals surface area contributed by atoms with Crippen LogP contribution in [0.1, 0.15) is 31.2 Å². The summed E-state index contributed by atoms with van der Waals surface area (Å²) >= 11 is 0. The summed E-state index contributed by atoms with van der Waals surface area (Å²) in [4.78, 5) is 24.0. The van der Waals surface area contributed by atoms with E-state index in [0.29, 0.717) is 18.6 Å². The molecule has 0 spiro atoms. The maximum absolute atomic E-state index is 12.0. The first-order chi connectivity index (χ1) is 9.22. The van der Waals surface area contributed by atoms with E-state index in [9.17, 15) is 9.59 Å². The Hall–Kier alpha value is -2.10. The molecule has 0 aromatic heterocycles. The maximum atomic E-state index is 12.0. The van der Waals surface area contributed by atoms with Crippen molar-refractivity contribution in [1.82, 2.24) is 4.90 Å². The number of hydrogen-bond acceptors (Lipinski definition) is 3. The van der Waals surface area contributed by atoms with Gasteiger partial charge in [0.1, 0.15) is 6.26 Å². The molecule has 1 heterocycles. The number of ether oxygens (including phenoxy) is 1. The van der Waals surface area contributed by atoms with Gasteiger partial charge >= 0.3 is 0 Å². The number of carbonyl (C=O) groups is 2. The van der Waals surface area contributed by atoms with Crippen LogP contribution in [0.3, 0.4) is 0 Å². The molecule has 0 saturated heterocycles. The Morgan fingerprint density at radius 2 is 2.16 bits per heavy atom. The van der Waals surface area contributed by atoms with Gasteiger partial charge < -0.3 is 4.74 Å². The lowest BCUT2D eigenvalue weighted by atomic mass is 9.96. The van der Waals surface area contributed by atoms with Gasteiger partial charge in [0.25, 0.3) is 0 Å². The van der Waals surface area contributed by atoms with Crippen LogP contribution in [0.5, 0.6) is 0 Å². The van der Waals surface area contributed by atoms with Crippen molar-refractivity contribution in [2.24, 2.45) is 0 Å². The van der Waals surface area contributed by atoms with Gasteiger partial charge in [0.15, 0.2) is 6.29 Å². The molecule has 4 nitrogen and oxygen atoms in total. The molecule has 1 aliphatic heterocycles. The van der Waals surface area contributed by atoms with Crippen LogP contribution in [0.2, 0.25) is 0 Å². The van der Waals surface area contributed by atoms with E-state index in [0.717, 1.165) is 6.42 Å². The highest BCUT2D eigenvalue weighted by atomic mass is 16.5. The summed E-state index contributed by atoms with van der Waals surface area (Å²) in [6.45, 7) is 2.09. The fraction of sp³-hybridized carbons (Fsp3) is 0.333. The third-order valence-electron chi connectivity index (χ3n) is 3.28. The molecule has 4 heteroatoms. The smallest absolute Gasteiger partial charge is 0.233 e. The van der Waals surface area contributed by atoms with Crippen LogP contribution < -0.4 is 0 Å². The van der Waals surface area contributed by atoms with Crippen LogP contribution in [0.4, 0.5) is 0 Å². The van der Waals surface area contributed by atoms with E-state index in [2.05, 4.69) is 19.1 Å².